The van der Waals surface area contributed by atoms with E-state index in [0.29, 0.717) is 37.6 Å². The molecule has 4 rings (SSSR count). The van der Waals surface area contributed by atoms with Crippen molar-refractivity contribution < 1.29 is 19.1 Å². The van der Waals surface area contributed by atoms with Crippen molar-refractivity contribution in [2.45, 2.75) is 20.3 Å². The molecule has 0 spiro atoms. The second-order valence-corrected chi connectivity index (χ2v) is 8.87. The van der Waals surface area contributed by atoms with Crippen molar-refractivity contribution in [1.82, 2.24) is 10.2 Å². The van der Waals surface area contributed by atoms with Crippen LogP contribution in [0.5, 0.6) is 0 Å². The van der Waals surface area contributed by atoms with E-state index < -0.39 is 5.92 Å². The minimum absolute atomic E-state index is 0.0667. The van der Waals surface area contributed by atoms with Crippen molar-refractivity contribution in [2.24, 2.45) is 5.92 Å². The average Bonchev–Trinajstić information content (AvgIpc) is 3.23. The van der Waals surface area contributed by atoms with Crippen LogP contribution in [-0.2, 0) is 14.3 Å². The predicted molar refractivity (Wildman–Crippen MR) is 131 cm³/mol. The summed E-state index contributed by atoms with van der Waals surface area (Å²) in [5, 5.41) is 5.83. The van der Waals surface area contributed by atoms with Gasteiger partial charge in [0.2, 0.25) is 11.8 Å². The second kappa shape index (κ2) is 10.8. The Balaban J connectivity index is 1.37. The number of benzene rings is 2. The van der Waals surface area contributed by atoms with Crippen molar-refractivity contribution in [1.29, 1.82) is 0 Å². The highest BCUT2D eigenvalue weighted by Crippen LogP contribution is 2.30. The minimum Gasteiger partial charge on any atom is -0.379 e. The highest BCUT2D eigenvalue weighted by Gasteiger charge is 2.36. The van der Waals surface area contributed by atoms with Crippen LogP contribution in [0, 0.1) is 19.8 Å². The van der Waals surface area contributed by atoms with Crippen LogP contribution in [0.25, 0.3) is 0 Å². The van der Waals surface area contributed by atoms with Crippen LogP contribution < -0.4 is 15.5 Å². The molecule has 0 radical (unpaired) electrons. The van der Waals surface area contributed by atoms with Gasteiger partial charge in [-0.1, -0.05) is 24.3 Å². The molecule has 0 bridgehead atoms. The van der Waals surface area contributed by atoms with E-state index in [2.05, 4.69) is 15.5 Å². The lowest BCUT2D eigenvalue weighted by Crippen LogP contribution is -2.41. The highest BCUT2D eigenvalue weighted by molar-refractivity contribution is 6.07. The molecular weight excluding hydrogens is 432 g/mol. The van der Waals surface area contributed by atoms with Gasteiger partial charge in [-0.2, -0.15) is 0 Å². The molecule has 8 heteroatoms. The molecule has 180 valence electrons. The molecule has 0 aromatic heterocycles. The van der Waals surface area contributed by atoms with Crippen LogP contribution in [0.2, 0.25) is 0 Å². The fraction of sp³-hybridized carbons (Fsp3) is 0.423. The fourth-order valence-electron chi connectivity index (χ4n) is 4.42. The topological polar surface area (TPSA) is 91.0 Å². The lowest BCUT2D eigenvalue weighted by molar-refractivity contribution is -0.122. The first-order chi connectivity index (χ1) is 16.4. The van der Waals surface area contributed by atoms with Crippen LogP contribution in [0.4, 0.5) is 11.4 Å². The maximum absolute atomic E-state index is 13.0. The maximum atomic E-state index is 13.0. The lowest BCUT2D eigenvalue weighted by Gasteiger charge is -2.26. The Labute approximate surface area is 200 Å². The number of nitrogens with one attached hydrogen (secondary N) is 2. The van der Waals surface area contributed by atoms with Gasteiger partial charge in [-0.25, -0.2) is 0 Å². The van der Waals surface area contributed by atoms with Crippen LogP contribution in [0.3, 0.4) is 0 Å². The zero-order valence-corrected chi connectivity index (χ0v) is 19.8. The van der Waals surface area contributed by atoms with E-state index >= 15 is 0 Å². The summed E-state index contributed by atoms with van der Waals surface area (Å²) in [6, 6.07) is 12.8. The van der Waals surface area contributed by atoms with Gasteiger partial charge in [0.25, 0.3) is 5.91 Å². The lowest BCUT2D eigenvalue weighted by atomic mass is 10.1. The third-order valence-electron chi connectivity index (χ3n) is 6.61. The summed E-state index contributed by atoms with van der Waals surface area (Å²) in [5.74, 6) is -1.04. The molecule has 0 aliphatic carbocycles. The zero-order valence-electron chi connectivity index (χ0n) is 19.8. The number of morpholine rings is 1. The monoisotopic (exact) mass is 464 g/mol. The molecule has 2 aromatic rings. The van der Waals surface area contributed by atoms with E-state index in [4.69, 9.17) is 4.74 Å². The Hall–Kier alpha value is -3.23. The van der Waals surface area contributed by atoms with E-state index in [9.17, 15) is 14.4 Å². The number of hydrogen-bond donors (Lipinski definition) is 2. The van der Waals surface area contributed by atoms with Gasteiger partial charge in [0.05, 0.1) is 30.4 Å². The highest BCUT2D eigenvalue weighted by atomic mass is 16.5. The third-order valence-corrected chi connectivity index (χ3v) is 6.61. The molecule has 34 heavy (non-hydrogen) atoms. The number of amides is 3. The summed E-state index contributed by atoms with van der Waals surface area (Å²) >= 11 is 0. The van der Waals surface area contributed by atoms with Crippen molar-refractivity contribution in [3.8, 4) is 0 Å². The van der Waals surface area contributed by atoms with Gasteiger partial charge in [-0.05, 0) is 43.2 Å². The van der Waals surface area contributed by atoms with Crippen molar-refractivity contribution in [2.75, 3.05) is 56.2 Å². The number of ether oxygens (including phenoxy) is 1. The Morgan fingerprint density at radius 2 is 1.82 bits per heavy atom. The van der Waals surface area contributed by atoms with Crippen molar-refractivity contribution in [3.05, 3.63) is 59.2 Å². The van der Waals surface area contributed by atoms with Gasteiger partial charge < -0.3 is 20.3 Å². The Morgan fingerprint density at radius 1 is 1.06 bits per heavy atom. The molecule has 2 aliphatic rings. The van der Waals surface area contributed by atoms with Crippen LogP contribution in [-0.4, -0.2) is 68.6 Å². The number of anilines is 2. The summed E-state index contributed by atoms with van der Waals surface area (Å²) in [5.41, 5.74) is 3.85. The normalized spacial score (nSPS) is 18.7. The first-order valence-electron chi connectivity index (χ1n) is 11.8. The molecular formula is C26H32N4O4. The molecule has 2 N–H and O–H groups in total. The second-order valence-electron chi connectivity index (χ2n) is 8.87. The van der Waals surface area contributed by atoms with E-state index in [1.54, 1.807) is 29.2 Å². The first kappa shape index (κ1) is 23.9. The van der Waals surface area contributed by atoms with E-state index in [1.165, 1.54) is 0 Å². The number of aryl methyl sites for hydroxylation is 1. The third kappa shape index (κ3) is 5.46. The summed E-state index contributed by atoms with van der Waals surface area (Å²) in [6.45, 7) is 8.74. The Morgan fingerprint density at radius 3 is 2.62 bits per heavy atom. The molecule has 2 saturated heterocycles. The zero-order chi connectivity index (χ0) is 24.1. The predicted octanol–water partition coefficient (Wildman–Crippen LogP) is 2.36. The average molecular weight is 465 g/mol. The molecule has 8 nitrogen and oxygen atoms in total. The van der Waals surface area contributed by atoms with E-state index in [0.717, 1.165) is 36.4 Å². The number of nitrogens with zero attached hydrogens (tertiary/aromatic N) is 2. The van der Waals surface area contributed by atoms with Gasteiger partial charge in [0, 0.05) is 44.8 Å². The van der Waals surface area contributed by atoms with Crippen LogP contribution in [0.1, 0.15) is 27.9 Å². The van der Waals surface area contributed by atoms with Crippen LogP contribution in [0.15, 0.2) is 42.5 Å². The standard InChI is InChI=1S/C26H32N4O4/c1-18-6-5-9-23(19(18)2)30-17-20(16-24(30)31)25(32)28-22-8-4-3-7-21(22)26(33)27-10-11-29-12-14-34-15-13-29/h3-9,20H,10-17H2,1-2H3,(H,27,33)(H,28,32)/t20-/m1/s1. The van der Waals surface area contributed by atoms with Gasteiger partial charge in [-0.15, -0.1) is 0 Å². The molecule has 0 saturated carbocycles. The number of hydrogen-bond acceptors (Lipinski definition) is 5. The maximum Gasteiger partial charge on any atom is 0.253 e. The molecule has 1 atom stereocenters. The van der Waals surface area contributed by atoms with Gasteiger partial charge in [-0.3, -0.25) is 19.3 Å². The largest absolute Gasteiger partial charge is 0.379 e. The van der Waals surface area contributed by atoms with Gasteiger partial charge in [0.15, 0.2) is 0 Å². The minimum atomic E-state index is -0.482. The van der Waals surface area contributed by atoms with Crippen molar-refractivity contribution in [3.63, 3.8) is 0 Å². The molecule has 3 amide bonds. The number of rotatable bonds is 7. The van der Waals surface area contributed by atoms with Gasteiger partial charge in [0.1, 0.15) is 0 Å². The molecule has 2 aliphatic heterocycles. The molecule has 2 heterocycles. The summed E-state index contributed by atoms with van der Waals surface area (Å²) in [6.07, 6.45) is 0.146. The van der Waals surface area contributed by atoms with Crippen LogP contribution >= 0.6 is 0 Å². The van der Waals surface area contributed by atoms with Gasteiger partial charge >= 0.3 is 0 Å². The Bertz CT molecular complexity index is 1060. The number of para-hydroxylation sites is 1. The number of carbonyl (C=O) groups excluding carboxylic acids is 3. The quantitative estimate of drug-likeness (QED) is 0.657. The SMILES string of the molecule is Cc1cccc(N2C[C@H](C(=O)Nc3ccccc3C(=O)NCCN3CCOCC3)CC2=O)c1C. The summed E-state index contributed by atoms with van der Waals surface area (Å²) in [7, 11) is 0. The fourth-order valence-corrected chi connectivity index (χ4v) is 4.42. The Kier molecular flexibility index (Phi) is 7.59. The molecule has 0 unspecified atom stereocenters. The smallest absolute Gasteiger partial charge is 0.253 e. The van der Waals surface area contributed by atoms with E-state index in [1.807, 2.05) is 32.0 Å². The molecule has 2 aromatic carbocycles. The first-order valence-corrected chi connectivity index (χ1v) is 11.8. The van der Waals surface area contributed by atoms with E-state index in [-0.39, 0.29) is 24.1 Å². The molecule has 2 fully saturated rings. The summed E-state index contributed by atoms with van der Waals surface area (Å²) < 4.78 is 5.35. The number of carbonyl (C=O) groups is 3. The summed E-state index contributed by atoms with van der Waals surface area (Å²) in [4.78, 5) is 42.5. The van der Waals surface area contributed by atoms with Crippen molar-refractivity contribution >= 4 is 29.1 Å².